The molecule has 0 atom stereocenters. The van der Waals surface area contributed by atoms with Crippen LogP contribution < -0.4 is 5.56 Å². The third-order valence-corrected chi connectivity index (χ3v) is 3.60. The fraction of sp³-hybridized carbons (Fsp3) is 0.222. The smallest absolute Gasteiger partial charge is 0.344 e. The first-order valence-corrected chi connectivity index (χ1v) is 6.39. The fourth-order valence-electron chi connectivity index (χ4n) is 1.36. The third kappa shape index (κ3) is 1.61. The summed E-state index contributed by atoms with van der Waals surface area (Å²) in [6, 6.07) is 0. The number of aromatic carboxylic acids is 1. The molecule has 0 radical (unpaired) electrons. The number of aryl methyl sites for hydroxylation is 1. The van der Waals surface area contributed by atoms with Crippen LogP contribution in [-0.4, -0.2) is 26.7 Å². The Morgan fingerprint density at radius 3 is 2.88 bits per heavy atom. The molecule has 0 aliphatic carbocycles. The van der Waals surface area contributed by atoms with Crippen molar-refractivity contribution in [2.75, 3.05) is 6.26 Å². The molecule has 2 heterocycles. The number of fused-ring (bicyclic) bond motifs is 1. The van der Waals surface area contributed by atoms with Crippen molar-refractivity contribution in [2.24, 2.45) is 0 Å². The van der Waals surface area contributed by atoms with Crippen molar-refractivity contribution in [3.63, 3.8) is 0 Å². The predicted octanol–water partition coefficient (Wildman–Crippen LogP) is 1.48. The Bertz CT molecular complexity index is 629. The Labute approximate surface area is 98.8 Å². The van der Waals surface area contributed by atoms with E-state index in [1.54, 1.807) is 12.5 Å². The molecule has 0 unspecified atom stereocenters. The molecule has 0 bridgehead atoms. The molecule has 5 nitrogen and oxygen atoms in total. The number of carbonyl (C=O) groups is 1. The molecule has 0 aliphatic heterocycles. The normalized spacial score (nSPS) is 10.9. The SMILES string of the molecule is CSc1nc2sc(C)cn2c(=O)c1C(=O)O. The minimum atomic E-state index is -1.24. The van der Waals surface area contributed by atoms with Gasteiger partial charge in [-0.15, -0.1) is 23.1 Å². The lowest BCUT2D eigenvalue weighted by Gasteiger charge is -2.01. The molecule has 0 spiro atoms. The highest BCUT2D eigenvalue weighted by Crippen LogP contribution is 2.20. The zero-order valence-electron chi connectivity index (χ0n) is 8.55. The topological polar surface area (TPSA) is 71.7 Å². The van der Waals surface area contributed by atoms with Gasteiger partial charge in [-0.1, -0.05) is 0 Å². The number of nitrogens with zero attached hydrogens (tertiary/aromatic N) is 2. The zero-order chi connectivity index (χ0) is 11.9. The summed E-state index contributed by atoms with van der Waals surface area (Å²) in [4.78, 5) is 28.5. The monoisotopic (exact) mass is 256 g/mol. The maximum Gasteiger partial charge on any atom is 0.344 e. The van der Waals surface area contributed by atoms with E-state index in [1.807, 2.05) is 6.92 Å². The van der Waals surface area contributed by atoms with Gasteiger partial charge in [0.05, 0.1) is 0 Å². The fourth-order valence-corrected chi connectivity index (χ4v) is 2.80. The van der Waals surface area contributed by atoms with E-state index < -0.39 is 11.5 Å². The number of rotatable bonds is 2. The molecule has 0 amide bonds. The van der Waals surface area contributed by atoms with Crippen molar-refractivity contribution in [2.45, 2.75) is 11.9 Å². The van der Waals surface area contributed by atoms with Gasteiger partial charge in [-0.3, -0.25) is 9.20 Å². The van der Waals surface area contributed by atoms with Crippen LogP contribution in [0.1, 0.15) is 15.2 Å². The van der Waals surface area contributed by atoms with Gasteiger partial charge in [0.25, 0.3) is 5.56 Å². The minimum Gasteiger partial charge on any atom is -0.477 e. The highest BCUT2D eigenvalue weighted by Gasteiger charge is 2.19. The number of hydrogen-bond donors (Lipinski definition) is 1. The maximum atomic E-state index is 11.9. The van der Waals surface area contributed by atoms with E-state index in [-0.39, 0.29) is 10.6 Å². The number of carboxylic acid groups (broad SMARTS) is 1. The maximum absolute atomic E-state index is 11.9. The second-order valence-corrected chi connectivity index (χ2v) is 5.11. The van der Waals surface area contributed by atoms with Gasteiger partial charge in [-0.2, -0.15) is 0 Å². The van der Waals surface area contributed by atoms with Gasteiger partial charge in [0.15, 0.2) is 10.5 Å². The van der Waals surface area contributed by atoms with Crippen molar-refractivity contribution < 1.29 is 9.90 Å². The molecule has 2 aromatic heterocycles. The highest BCUT2D eigenvalue weighted by atomic mass is 32.2. The average Bonchev–Trinajstić information content (AvgIpc) is 2.58. The first-order chi connectivity index (χ1) is 7.54. The lowest BCUT2D eigenvalue weighted by Crippen LogP contribution is -2.23. The molecule has 2 aromatic rings. The van der Waals surface area contributed by atoms with Crippen LogP contribution in [0.2, 0.25) is 0 Å². The number of carboxylic acids is 1. The van der Waals surface area contributed by atoms with E-state index in [0.717, 1.165) is 16.6 Å². The van der Waals surface area contributed by atoms with Crippen LogP contribution >= 0.6 is 23.1 Å². The Morgan fingerprint density at radius 1 is 1.62 bits per heavy atom. The van der Waals surface area contributed by atoms with E-state index in [9.17, 15) is 9.59 Å². The van der Waals surface area contributed by atoms with Gasteiger partial charge in [0.2, 0.25) is 0 Å². The molecule has 0 aromatic carbocycles. The van der Waals surface area contributed by atoms with E-state index in [1.165, 1.54) is 15.7 Å². The van der Waals surface area contributed by atoms with Crippen molar-refractivity contribution in [3.8, 4) is 0 Å². The molecule has 0 saturated carbocycles. The van der Waals surface area contributed by atoms with Crippen molar-refractivity contribution in [1.29, 1.82) is 0 Å². The first kappa shape index (κ1) is 11.2. The lowest BCUT2D eigenvalue weighted by atomic mass is 10.3. The highest BCUT2D eigenvalue weighted by molar-refractivity contribution is 7.98. The van der Waals surface area contributed by atoms with E-state index >= 15 is 0 Å². The van der Waals surface area contributed by atoms with Gasteiger partial charge < -0.3 is 5.11 Å². The molecule has 2 rings (SSSR count). The molecular weight excluding hydrogens is 248 g/mol. The minimum absolute atomic E-state index is 0.261. The Hall–Kier alpha value is -1.34. The van der Waals surface area contributed by atoms with Gasteiger partial charge in [0, 0.05) is 11.1 Å². The van der Waals surface area contributed by atoms with Crippen LogP contribution in [0.15, 0.2) is 16.0 Å². The van der Waals surface area contributed by atoms with Crippen LogP contribution in [-0.2, 0) is 0 Å². The van der Waals surface area contributed by atoms with E-state index in [2.05, 4.69) is 4.98 Å². The Balaban J connectivity index is 2.92. The predicted molar refractivity (Wildman–Crippen MR) is 62.8 cm³/mol. The number of hydrogen-bond acceptors (Lipinski definition) is 5. The molecule has 16 heavy (non-hydrogen) atoms. The van der Waals surface area contributed by atoms with Crippen LogP contribution in [0, 0.1) is 6.92 Å². The Morgan fingerprint density at radius 2 is 2.31 bits per heavy atom. The number of thiazole rings is 1. The summed E-state index contributed by atoms with van der Waals surface area (Å²) >= 11 is 2.53. The van der Waals surface area contributed by atoms with Gasteiger partial charge in [0.1, 0.15) is 5.03 Å². The summed E-state index contributed by atoms with van der Waals surface area (Å²) in [6.45, 7) is 1.85. The summed E-state index contributed by atoms with van der Waals surface area (Å²) in [7, 11) is 0. The van der Waals surface area contributed by atoms with Crippen LogP contribution in [0.3, 0.4) is 0 Å². The second kappa shape index (κ2) is 3.91. The Kier molecular flexibility index (Phi) is 2.73. The molecule has 1 N–H and O–H groups in total. The lowest BCUT2D eigenvalue weighted by molar-refractivity contribution is 0.0690. The van der Waals surface area contributed by atoms with E-state index in [0.29, 0.717) is 4.96 Å². The standard InChI is InChI=1S/C9H8N2O3S2/c1-4-3-11-7(12)5(8(13)14)6(15-2)10-9(11)16-4/h3H,1-2H3,(H,13,14). The third-order valence-electron chi connectivity index (χ3n) is 2.02. The molecule has 7 heteroatoms. The van der Waals surface area contributed by atoms with Crippen LogP contribution in [0.5, 0.6) is 0 Å². The van der Waals surface area contributed by atoms with Crippen molar-refractivity contribution in [3.05, 3.63) is 27.0 Å². The molecule has 0 saturated heterocycles. The zero-order valence-corrected chi connectivity index (χ0v) is 10.2. The average molecular weight is 256 g/mol. The van der Waals surface area contributed by atoms with Crippen molar-refractivity contribution in [1.82, 2.24) is 9.38 Å². The summed E-state index contributed by atoms with van der Waals surface area (Å²) in [5.74, 6) is -1.24. The van der Waals surface area contributed by atoms with Crippen LogP contribution in [0.4, 0.5) is 0 Å². The van der Waals surface area contributed by atoms with E-state index in [4.69, 9.17) is 5.11 Å². The first-order valence-electron chi connectivity index (χ1n) is 4.34. The molecule has 84 valence electrons. The summed E-state index contributed by atoms with van der Waals surface area (Å²) in [5, 5.41) is 9.24. The summed E-state index contributed by atoms with van der Waals surface area (Å²) < 4.78 is 1.28. The largest absolute Gasteiger partial charge is 0.477 e. The molecule has 0 fully saturated rings. The molecule has 0 aliphatic rings. The van der Waals surface area contributed by atoms with Gasteiger partial charge in [-0.05, 0) is 13.2 Å². The number of thioether (sulfide) groups is 1. The van der Waals surface area contributed by atoms with Gasteiger partial charge in [-0.25, -0.2) is 9.78 Å². The number of aromatic nitrogens is 2. The van der Waals surface area contributed by atoms with Crippen molar-refractivity contribution >= 4 is 34.0 Å². The second-order valence-electron chi connectivity index (χ2n) is 3.10. The molecular formula is C9H8N2O3S2. The summed E-state index contributed by atoms with van der Waals surface area (Å²) in [5.41, 5.74) is -0.783. The van der Waals surface area contributed by atoms with Crippen LogP contribution in [0.25, 0.3) is 4.96 Å². The van der Waals surface area contributed by atoms with Gasteiger partial charge >= 0.3 is 5.97 Å². The summed E-state index contributed by atoms with van der Waals surface area (Å²) in [6.07, 6.45) is 3.30. The quantitative estimate of drug-likeness (QED) is 0.651.